The molecule has 1 saturated heterocycles. The smallest absolute Gasteiger partial charge is 0.416 e. The zero-order valence-electron chi connectivity index (χ0n) is 23.3. The number of hydrogen-bond acceptors (Lipinski definition) is 7. The van der Waals surface area contributed by atoms with Gasteiger partial charge in [0, 0.05) is 25.0 Å². The molecule has 2 aromatic rings. The minimum absolute atomic E-state index is 0.0207. The molecule has 0 unspecified atom stereocenters. The molecule has 0 spiro atoms. The van der Waals surface area contributed by atoms with Crippen LogP contribution < -0.4 is 15.1 Å². The second-order valence-electron chi connectivity index (χ2n) is 12.5. The summed E-state index contributed by atoms with van der Waals surface area (Å²) >= 11 is 5.93. The van der Waals surface area contributed by atoms with Gasteiger partial charge in [-0.1, -0.05) is 18.5 Å². The highest BCUT2D eigenvalue weighted by Gasteiger charge is 2.45. The van der Waals surface area contributed by atoms with Crippen LogP contribution in [0, 0.1) is 23.2 Å². The van der Waals surface area contributed by atoms with E-state index in [0.717, 1.165) is 51.1 Å². The first-order valence-corrected chi connectivity index (χ1v) is 14.4. The average Bonchev–Trinajstić information content (AvgIpc) is 3.82. The number of piperidine rings is 1. The molecule has 0 radical (unpaired) electrons. The van der Waals surface area contributed by atoms with Gasteiger partial charge in [-0.3, -0.25) is 9.69 Å². The summed E-state index contributed by atoms with van der Waals surface area (Å²) in [6.45, 7) is 10.0. The molecule has 5 rings (SSSR count). The van der Waals surface area contributed by atoms with E-state index in [9.17, 15) is 9.59 Å². The van der Waals surface area contributed by atoms with Crippen molar-refractivity contribution in [2.24, 2.45) is 23.2 Å². The first kappa shape index (κ1) is 27.6. The van der Waals surface area contributed by atoms with Crippen LogP contribution in [0.5, 0.6) is 0 Å². The first-order valence-electron chi connectivity index (χ1n) is 14.0. The zero-order chi connectivity index (χ0) is 27.8. The molecule has 2 amide bonds. The summed E-state index contributed by atoms with van der Waals surface area (Å²) < 4.78 is 5.71. The van der Waals surface area contributed by atoms with E-state index in [4.69, 9.17) is 16.3 Å². The van der Waals surface area contributed by atoms with Crippen molar-refractivity contribution in [1.82, 2.24) is 15.0 Å². The highest BCUT2D eigenvalue weighted by Crippen LogP contribution is 2.50. The Kier molecular flexibility index (Phi) is 7.73. The van der Waals surface area contributed by atoms with Gasteiger partial charge < -0.3 is 15.0 Å². The van der Waals surface area contributed by atoms with Crippen LogP contribution in [0.15, 0.2) is 30.7 Å². The number of nitrogens with zero attached hydrogens (tertiary/aromatic N) is 5. The molecule has 3 fully saturated rings. The van der Waals surface area contributed by atoms with E-state index in [2.05, 4.69) is 25.2 Å². The summed E-state index contributed by atoms with van der Waals surface area (Å²) in [5.41, 5.74) is -0.228. The number of anilines is 3. The van der Waals surface area contributed by atoms with Gasteiger partial charge in [-0.25, -0.2) is 19.7 Å². The molecule has 2 atom stereocenters. The lowest BCUT2D eigenvalue weighted by molar-refractivity contribution is -0.120. The van der Waals surface area contributed by atoms with Crippen LogP contribution in [0.4, 0.5) is 22.2 Å². The number of ether oxygens (including phenoxy) is 1. The Morgan fingerprint density at radius 3 is 2.41 bits per heavy atom. The van der Waals surface area contributed by atoms with Crippen LogP contribution in [0.25, 0.3) is 0 Å². The number of rotatable bonds is 8. The molecule has 2 saturated carbocycles. The van der Waals surface area contributed by atoms with Gasteiger partial charge in [0.15, 0.2) is 0 Å². The summed E-state index contributed by atoms with van der Waals surface area (Å²) in [5.74, 6) is 3.27. The molecule has 3 heterocycles. The lowest BCUT2D eigenvalue weighted by Crippen LogP contribution is -2.38. The van der Waals surface area contributed by atoms with Crippen LogP contribution in [0.1, 0.15) is 66.2 Å². The molecule has 9 nitrogen and oxygen atoms in total. The molecule has 0 bridgehead atoms. The summed E-state index contributed by atoms with van der Waals surface area (Å²) in [6, 6.07) is 3.59. The highest BCUT2D eigenvalue weighted by molar-refractivity contribution is 6.30. The molecule has 1 aliphatic heterocycles. The standard InChI is InChI=1S/C29H39ClN6O3/c1-28(2,3)39-27(38)36(24-6-5-22(18-31-24)34-25(37)29(4)10-11-29)14-9-20-15-23(20)19-7-12-35(13-8-19)26-32-16-21(30)17-33-26/h5-6,16-20,23H,7-15H2,1-4H3,(H,34,37)/t20-,23-/m1/s1. The van der Waals surface area contributed by atoms with Gasteiger partial charge in [0.05, 0.1) is 29.3 Å². The fourth-order valence-electron chi connectivity index (χ4n) is 5.40. The van der Waals surface area contributed by atoms with Crippen LogP contribution >= 0.6 is 11.6 Å². The topological polar surface area (TPSA) is 101 Å². The van der Waals surface area contributed by atoms with Crippen LogP contribution in [0.3, 0.4) is 0 Å². The number of amides is 2. The Morgan fingerprint density at radius 1 is 1.13 bits per heavy atom. The molecule has 39 heavy (non-hydrogen) atoms. The second-order valence-corrected chi connectivity index (χ2v) is 13.0. The van der Waals surface area contributed by atoms with E-state index < -0.39 is 11.7 Å². The number of pyridine rings is 1. The minimum atomic E-state index is -0.604. The van der Waals surface area contributed by atoms with Crippen molar-refractivity contribution in [2.75, 3.05) is 34.8 Å². The van der Waals surface area contributed by atoms with Gasteiger partial charge in [0.2, 0.25) is 11.9 Å². The van der Waals surface area contributed by atoms with Gasteiger partial charge in [0.1, 0.15) is 11.4 Å². The molecule has 0 aromatic carbocycles. The highest BCUT2D eigenvalue weighted by atomic mass is 35.5. The van der Waals surface area contributed by atoms with E-state index in [1.165, 1.54) is 6.42 Å². The number of halogens is 1. The molecule has 2 aromatic heterocycles. The minimum Gasteiger partial charge on any atom is -0.443 e. The zero-order valence-corrected chi connectivity index (χ0v) is 24.1. The van der Waals surface area contributed by atoms with Crippen molar-refractivity contribution in [3.8, 4) is 0 Å². The van der Waals surface area contributed by atoms with Crippen molar-refractivity contribution < 1.29 is 14.3 Å². The Bertz CT molecular complexity index is 1170. The number of carbonyl (C=O) groups excluding carboxylic acids is 2. The average molecular weight is 555 g/mol. The van der Waals surface area contributed by atoms with Crippen LogP contribution in [0.2, 0.25) is 5.02 Å². The van der Waals surface area contributed by atoms with Gasteiger partial charge in [-0.15, -0.1) is 0 Å². The Morgan fingerprint density at radius 2 is 1.82 bits per heavy atom. The maximum absolute atomic E-state index is 13.1. The molecule has 3 aliphatic rings. The normalized spacial score (nSPS) is 22.2. The molecule has 210 valence electrons. The number of carbonyl (C=O) groups is 2. The fourth-order valence-corrected chi connectivity index (χ4v) is 5.50. The van der Waals surface area contributed by atoms with Crippen molar-refractivity contribution >= 4 is 41.1 Å². The third kappa shape index (κ3) is 6.99. The predicted molar refractivity (Wildman–Crippen MR) is 152 cm³/mol. The third-order valence-electron chi connectivity index (χ3n) is 8.18. The van der Waals surface area contributed by atoms with Crippen LogP contribution in [-0.2, 0) is 9.53 Å². The maximum Gasteiger partial charge on any atom is 0.416 e. The molecule has 1 N–H and O–H groups in total. The van der Waals surface area contributed by atoms with Gasteiger partial charge >= 0.3 is 6.09 Å². The van der Waals surface area contributed by atoms with E-state index in [1.54, 1.807) is 35.6 Å². The fraction of sp³-hybridized carbons (Fsp3) is 0.621. The van der Waals surface area contributed by atoms with Crippen LogP contribution in [-0.4, -0.2) is 52.2 Å². The van der Waals surface area contributed by atoms with Crippen molar-refractivity contribution in [1.29, 1.82) is 0 Å². The Labute approximate surface area is 235 Å². The van der Waals surface area contributed by atoms with E-state index in [0.29, 0.717) is 40.8 Å². The van der Waals surface area contributed by atoms with Crippen molar-refractivity contribution in [3.63, 3.8) is 0 Å². The summed E-state index contributed by atoms with van der Waals surface area (Å²) in [5, 5.41) is 3.49. The van der Waals surface area contributed by atoms with E-state index in [-0.39, 0.29) is 11.3 Å². The number of aromatic nitrogens is 3. The number of nitrogens with one attached hydrogen (secondary N) is 1. The first-order chi connectivity index (χ1) is 18.5. The lowest BCUT2D eigenvalue weighted by Gasteiger charge is -2.32. The molecular weight excluding hydrogens is 516 g/mol. The maximum atomic E-state index is 13.1. The summed E-state index contributed by atoms with van der Waals surface area (Å²) in [4.78, 5) is 42.6. The van der Waals surface area contributed by atoms with Gasteiger partial charge in [-0.2, -0.15) is 0 Å². The SMILES string of the molecule is CC(C)(C)OC(=O)N(CC[C@@H]1C[C@@H]1C1CCN(c2ncc(Cl)cn2)CC1)c1ccc(NC(=O)C2(C)CC2)cn1. The monoisotopic (exact) mass is 554 g/mol. The third-order valence-corrected chi connectivity index (χ3v) is 8.37. The van der Waals surface area contributed by atoms with E-state index in [1.807, 2.05) is 27.7 Å². The largest absolute Gasteiger partial charge is 0.443 e. The summed E-state index contributed by atoms with van der Waals surface area (Å²) in [6.07, 6.45) is 10.7. The quantitative estimate of drug-likeness (QED) is 0.430. The number of hydrogen-bond donors (Lipinski definition) is 1. The lowest BCUT2D eigenvalue weighted by atomic mass is 9.90. The molecular formula is C29H39ClN6O3. The van der Waals surface area contributed by atoms with Crippen molar-refractivity contribution in [2.45, 2.75) is 71.8 Å². The molecule has 10 heteroatoms. The summed E-state index contributed by atoms with van der Waals surface area (Å²) in [7, 11) is 0. The van der Waals surface area contributed by atoms with Gasteiger partial charge in [-0.05, 0) is 89.2 Å². The second kappa shape index (κ2) is 10.9. The molecule has 2 aliphatic carbocycles. The van der Waals surface area contributed by atoms with Gasteiger partial charge in [0.25, 0.3) is 0 Å². The Balaban J connectivity index is 1.16. The Hall–Kier alpha value is -2.94. The van der Waals surface area contributed by atoms with E-state index >= 15 is 0 Å². The van der Waals surface area contributed by atoms with Crippen molar-refractivity contribution in [3.05, 3.63) is 35.7 Å². The predicted octanol–water partition coefficient (Wildman–Crippen LogP) is 5.95.